The lowest BCUT2D eigenvalue weighted by Crippen LogP contribution is -1.95. The van der Waals surface area contributed by atoms with Gasteiger partial charge in [0.25, 0.3) is 0 Å². The van der Waals surface area contributed by atoms with Crippen LogP contribution in [0.2, 0.25) is 0 Å². The Morgan fingerprint density at radius 2 is 2.31 bits per heavy atom. The topological polar surface area (TPSA) is 63.5 Å². The summed E-state index contributed by atoms with van der Waals surface area (Å²) in [5.41, 5.74) is 8.74. The SMILES string of the molecule is Cc1nc2ccc(N)cn2c1CO. The van der Waals surface area contributed by atoms with Crippen LogP contribution >= 0.6 is 0 Å². The first-order chi connectivity index (χ1) is 6.22. The van der Waals surface area contributed by atoms with Gasteiger partial charge in [-0.1, -0.05) is 0 Å². The highest BCUT2D eigenvalue weighted by Crippen LogP contribution is 2.13. The zero-order valence-corrected chi connectivity index (χ0v) is 7.36. The Kier molecular flexibility index (Phi) is 1.70. The van der Waals surface area contributed by atoms with Crippen molar-refractivity contribution >= 4 is 11.3 Å². The number of nitrogen functional groups attached to an aromatic ring is 1. The van der Waals surface area contributed by atoms with E-state index in [2.05, 4.69) is 4.98 Å². The van der Waals surface area contributed by atoms with Crippen molar-refractivity contribution in [2.45, 2.75) is 13.5 Å². The number of anilines is 1. The van der Waals surface area contributed by atoms with Crippen LogP contribution < -0.4 is 5.73 Å². The lowest BCUT2D eigenvalue weighted by atomic mass is 10.3. The Bertz CT molecular complexity index is 447. The van der Waals surface area contributed by atoms with E-state index in [1.807, 2.05) is 17.4 Å². The van der Waals surface area contributed by atoms with Gasteiger partial charge in [-0.05, 0) is 19.1 Å². The fraction of sp³-hybridized carbons (Fsp3) is 0.222. The van der Waals surface area contributed by atoms with Crippen LogP contribution in [0.25, 0.3) is 5.65 Å². The normalized spacial score (nSPS) is 10.9. The van der Waals surface area contributed by atoms with Crippen LogP contribution in [-0.2, 0) is 6.61 Å². The molecule has 0 spiro atoms. The number of nitrogens with zero attached hydrogens (tertiary/aromatic N) is 2. The fourth-order valence-electron chi connectivity index (χ4n) is 1.42. The van der Waals surface area contributed by atoms with Crippen molar-refractivity contribution in [2.75, 3.05) is 5.73 Å². The summed E-state index contributed by atoms with van der Waals surface area (Å²) in [6.07, 6.45) is 1.76. The zero-order chi connectivity index (χ0) is 9.42. The first kappa shape index (κ1) is 8.07. The molecule has 68 valence electrons. The van der Waals surface area contributed by atoms with E-state index >= 15 is 0 Å². The van der Waals surface area contributed by atoms with Crippen molar-refractivity contribution in [3.05, 3.63) is 29.7 Å². The summed E-state index contributed by atoms with van der Waals surface area (Å²) >= 11 is 0. The highest BCUT2D eigenvalue weighted by molar-refractivity contribution is 5.49. The quantitative estimate of drug-likeness (QED) is 0.674. The average molecular weight is 177 g/mol. The number of rotatable bonds is 1. The van der Waals surface area contributed by atoms with Crippen LogP contribution in [0.15, 0.2) is 18.3 Å². The molecular weight excluding hydrogens is 166 g/mol. The van der Waals surface area contributed by atoms with Gasteiger partial charge >= 0.3 is 0 Å². The Morgan fingerprint density at radius 1 is 1.54 bits per heavy atom. The van der Waals surface area contributed by atoms with E-state index in [1.165, 1.54) is 0 Å². The number of hydrogen-bond donors (Lipinski definition) is 2. The highest BCUT2D eigenvalue weighted by Gasteiger charge is 2.06. The van der Waals surface area contributed by atoms with Crippen LogP contribution in [0.4, 0.5) is 5.69 Å². The number of aliphatic hydroxyl groups is 1. The maximum atomic E-state index is 9.09. The maximum absolute atomic E-state index is 9.09. The van der Waals surface area contributed by atoms with Crippen molar-refractivity contribution in [1.82, 2.24) is 9.38 Å². The van der Waals surface area contributed by atoms with Crippen LogP contribution in [0.1, 0.15) is 11.4 Å². The molecule has 4 nitrogen and oxygen atoms in total. The minimum Gasteiger partial charge on any atom is -0.398 e. The molecule has 0 bridgehead atoms. The van der Waals surface area contributed by atoms with E-state index in [9.17, 15) is 0 Å². The van der Waals surface area contributed by atoms with Crippen molar-refractivity contribution in [1.29, 1.82) is 0 Å². The third kappa shape index (κ3) is 1.15. The molecule has 0 unspecified atom stereocenters. The number of nitrogens with two attached hydrogens (primary N) is 1. The number of aromatic nitrogens is 2. The maximum Gasteiger partial charge on any atom is 0.137 e. The summed E-state index contributed by atoms with van der Waals surface area (Å²) in [5, 5.41) is 9.09. The molecule has 0 saturated heterocycles. The fourth-order valence-corrected chi connectivity index (χ4v) is 1.42. The number of fused-ring (bicyclic) bond motifs is 1. The second kappa shape index (κ2) is 2.74. The van der Waals surface area contributed by atoms with Gasteiger partial charge in [0.05, 0.1) is 18.0 Å². The van der Waals surface area contributed by atoms with Crippen LogP contribution in [-0.4, -0.2) is 14.5 Å². The largest absolute Gasteiger partial charge is 0.398 e. The molecule has 0 aliphatic heterocycles. The number of aryl methyl sites for hydroxylation is 1. The van der Waals surface area contributed by atoms with Gasteiger partial charge < -0.3 is 10.8 Å². The molecule has 0 saturated carbocycles. The van der Waals surface area contributed by atoms with Gasteiger partial charge in [-0.15, -0.1) is 0 Å². The molecule has 2 rings (SSSR count). The Hall–Kier alpha value is -1.55. The molecule has 0 fully saturated rings. The summed E-state index contributed by atoms with van der Waals surface area (Å²) in [7, 11) is 0. The highest BCUT2D eigenvalue weighted by atomic mass is 16.3. The van der Waals surface area contributed by atoms with Crippen LogP contribution in [0.5, 0.6) is 0 Å². The monoisotopic (exact) mass is 177 g/mol. The third-order valence-corrected chi connectivity index (χ3v) is 2.09. The summed E-state index contributed by atoms with van der Waals surface area (Å²) in [6.45, 7) is 1.85. The molecule has 4 heteroatoms. The molecule has 3 N–H and O–H groups in total. The molecular formula is C9H11N3O. The van der Waals surface area contributed by atoms with Crippen molar-refractivity contribution in [3.63, 3.8) is 0 Å². The molecule has 0 radical (unpaired) electrons. The smallest absolute Gasteiger partial charge is 0.137 e. The molecule has 0 atom stereocenters. The van der Waals surface area contributed by atoms with Crippen molar-refractivity contribution in [3.8, 4) is 0 Å². The molecule has 0 amide bonds. The summed E-state index contributed by atoms with van der Waals surface area (Å²) in [4.78, 5) is 4.27. The van der Waals surface area contributed by atoms with E-state index in [4.69, 9.17) is 10.8 Å². The first-order valence-electron chi connectivity index (χ1n) is 4.06. The zero-order valence-electron chi connectivity index (χ0n) is 7.36. The molecule has 0 aromatic carbocycles. The van der Waals surface area contributed by atoms with E-state index < -0.39 is 0 Å². The predicted molar refractivity (Wildman–Crippen MR) is 50.3 cm³/mol. The van der Waals surface area contributed by atoms with Gasteiger partial charge in [-0.3, -0.25) is 4.40 Å². The Balaban J connectivity index is 2.80. The minimum absolute atomic E-state index is 0.0174. The second-order valence-electron chi connectivity index (χ2n) is 2.99. The number of pyridine rings is 1. The van der Waals surface area contributed by atoms with E-state index in [0.29, 0.717) is 5.69 Å². The van der Waals surface area contributed by atoms with Gasteiger partial charge in [-0.2, -0.15) is 0 Å². The van der Waals surface area contributed by atoms with Gasteiger partial charge in [-0.25, -0.2) is 4.98 Å². The summed E-state index contributed by atoms with van der Waals surface area (Å²) < 4.78 is 1.81. The molecule has 0 aliphatic rings. The van der Waals surface area contributed by atoms with Gasteiger partial charge in [0.2, 0.25) is 0 Å². The van der Waals surface area contributed by atoms with Gasteiger partial charge in [0, 0.05) is 11.9 Å². The molecule has 13 heavy (non-hydrogen) atoms. The number of aliphatic hydroxyl groups excluding tert-OH is 1. The van der Waals surface area contributed by atoms with Gasteiger partial charge in [0.1, 0.15) is 5.65 Å². The third-order valence-electron chi connectivity index (χ3n) is 2.09. The first-order valence-corrected chi connectivity index (χ1v) is 4.06. The number of imidazole rings is 1. The lowest BCUT2D eigenvalue weighted by molar-refractivity contribution is 0.275. The minimum atomic E-state index is -0.0174. The Morgan fingerprint density at radius 3 is 3.00 bits per heavy atom. The predicted octanol–water partition coefficient (Wildman–Crippen LogP) is 0.717. The average Bonchev–Trinajstić information content (AvgIpc) is 2.40. The number of hydrogen-bond acceptors (Lipinski definition) is 3. The van der Waals surface area contributed by atoms with Crippen molar-refractivity contribution < 1.29 is 5.11 Å². The van der Waals surface area contributed by atoms with E-state index in [-0.39, 0.29) is 6.61 Å². The summed E-state index contributed by atoms with van der Waals surface area (Å²) in [6, 6.07) is 3.63. The molecule has 2 aromatic rings. The van der Waals surface area contributed by atoms with Gasteiger partial charge in [0.15, 0.2) is 0 Å². The molecule has 0 aliphatic carbocycles. The molecule has 2 aromatic heterocycles. The van der Waals surface area contributed by atoms with Crippen LogP contribution in [0, 0.1) is 6.92 Å². The standard InChI is InChI=1S/C9H11N3O/c1-6-8(5-13)12-4-7(10)2-3-9(12)11-6/h2-4,13H,5,10H2,1H3. The van der Waals surface area contributed by atoms with E-state index in [1.54, 1.807) is 12.3 Å². The lowest BCUT2D eigenvalue weighted by Gasteiger charge is -1.99. The van der Waals surface area contributed by atoms with Crippen LogP contribution in [0.3, 0.4) is 0 Å². The van der Waals surface area contributed by atoms with E-state index in [0.717, 1.165) is 17.0 Å². The van der Waals surface area contributed by atoms with Crippen molar-refractivity contribution in [2.24, 2.45) is 0 Å². The second-order valence-corrected chi connectivity index (χ2v) is 2.99. The Labute approximate surface area is 75.6 Å². The molecule has 2 heterocycles. The summed E-state index contributed by atoms with van der Waals surface area (Å²) in [5.74, 6) is 0.